The Balaban J connectivity index is 2.89. The Morgan fingerprint density at radius 1 is 1.50 bits per heavy atom. The van der Waals surface area contributed by atoms with Gasteiger partial charge in [-0.1, -0.05) is 12.1 Å². The van der Waals surface area contributed by atoms with Crippen LogP contribution in [0.1, 0.15) is 37.7 Å². The van der Waals surface area contributed by atoms with Crippen LogP contribution >= 0.6 is 0 Å². The van der Waals surface area contributed by atoms with E-state index in [1.165, 1.54) is 5.69 Å². The molecule has 92 valence electrons. The second-order valence-electron chi connectivity index (χ2n) is 3.96. The highest BCUT2D eigenvalue weighted by Crippen LogP contribution is 2.15. The fraction of sp³-hybridized carbons (Fsp3) is 0.818. The molecule has 0 bridgehead atoms. The van der Waals surface area contributed by atoms with Crippen LogP contribution in [0.15, 0.2) is 0 Å². The minimum atomic E-state index is 0.393. The van der Waals surface area contributed by atoms with Gasteiger partial charge in [-0.2, -0.15) is 0 Å². The first kappa shape index (κ1) is 13.1. The number of nitrogens with zero attached hydrogens (tertiary/aromatic N) is 3. The molecule has 0 aliphatic carbocycles. The van der Waals surface area contributed by atoms with E-state index in [1.807, 2.05) is 11.7 Å². The standard InChI is InChI=1S/C11H22N4O/c1-5-9(2)15-11(6-7-16-4)10(8-12-3)13-14-15/h9,12H,5-8H2,1-4H3. The number of nitrogens with one attached hydrogen (secondary N) is 1. The van der Waals surface area contributed by atoms with Gasteiger partial charge in [0.25, 0.3) is 0 Å². The molecule has 1 N–H and O–H groups in total. The SMILES string of the molecule is CCC(C)n1nnc(CNC)c1CCOC. The number of methoxy groups -OCH3 is 1. The van der Waals surface area contributed by atoms with E-state index in [-0.39, 0.29) is 0 Å². The lowest BCUT2D eigenvalue weighted by molar-refractivity contribution is 0.199. The molecule has 0 saturated heterocycles. The molecule has 1 aromatic heterocycles. The third kappa shape index (κ3) is 3.02. The Kier molecular flexibility index (Phi) is 5.42. The third-order valence-corrected chi connectivity index (χ3v) is 2.77. The van der Waals surface area contributed by atoms with E-state index in [1.54, 1.807) is 7.11 Å². The lowest BCUT2D eigenvalue weighted by atomic mass is 10.2. The van der Waals surface area contributed by atoms with Gasteiger partial charge in [-0.15, -0.1) is 5.10 Å². The summed E-state index contributed by atoms with van der Waals surface area (Å²) in [6.07, 6.45) is 1.92. The van der Waals surface area contributed by atoms with Crippen LogP contribution in [-0.4, -0.2) is 35.8 Å². The molecule has 0 spiro atoms. The van der Waals surface area contributed by atoms with Gasteiger partial charge in [0.15, 0.2) is 0 Å². The van der Waals surface area contributed by atoms with Crippen LogP contribution < -0.4 is 5.32 Å². The molecule has 16 heavy (non-hydrogen) atoms. The van der Waals surface area contributed by atoms with Gasteiger partial charge >= 0.3 is 0 Å². The topological polar surface area (TPSA) is 52.0 Å². The van der Waals surface area contributed by atoms with Crippen LogP contribution in [0.25, 0.3) is 0 Å². The summed E-state index contributed by atoms with van der Waals surface area (Å²) in [7, 11) is 3.64. The van der Waals surface area contributed by atoms with E-state index in [2.05, 4.69) is 29.5 Å². The fourth-order valence-electron chi connectivity index (χ4n) is 1.64. The van der Waals surface area contributed by atoms with Crippen molar-refractivity contribution < 1.29 is 4.74 Å². The second-order valence-corrected chi connectivity index (χ2v) is 3.96. The zero-order valence-electron chi connectivity index (χ0n) is 10.7. The minimum absolute atomic E-state index is 0.393. The molecule has 1 heterocycles. The van der Waals surface area contributed by atoms with Gasteiger partial charge in [-0.05, 0) is 20.4 Å². The average Bonchev–Trinajstić information content (AvgIpc) is 2.69. The monoisotopic (exact) mass is 226 g/mol. The van der Waals surface area contributed by atoms with E-state index in [0.717, 1.165) is 25.1 Å². The maximum atomic E-state index is 5.13. The van der Waals surface area contributed by atoms with Gasteiger partial charge < -0.3 is 10.1 Å². The maximum absolute atomic E-state index is 5.13. The number of aromatic nitrogens is 3. The molecular formula is C11H22N4O. The molecule has 1 rings (SSSR count). The second kappa shape index (κ2) is 6.60. The molecule has 0 amide bonds. The molecule has 5 nitrogen and oxygen atoms in total. The number of rotatable bonds is 7. The number of hydrogen-bond donors (Lipinski definition) is 1. The van der Waals surface area contributed by atoms with E-state index < -0.39 is 0 Å². The van der Waals surface area contributed by atoms with Gasteiger partial charge in [0.05, 0.1) is 24.0 Å². The largest absolute Gasteiger partial charge is 0.384 e. The lowest BCUT2D eigenvalue weighted by Crippen LogP contribution is -2.14. The summed E-state index contributed by atoms with van der Waals surface area (Å²) in [6.45, 7) is 5.79. The highest BCUT2D eigenvalue weighted by molar-refractivity contribution is 5.11. The first-order chi connectivity index (χ1) is 7.74. The van der Waals surface area contributed by atoms with E-state index >= 15 is 0 Å². The highest BCUT2D eigenvalue weighted by Gasteiger charge is 2.15. The summed E-state index contributed by atoms with van der Waals surface area (Å²) < 4.78 is 7.15. The first-order valence-electron chi connectivity index (χ1n) is 5.81. The van der Waals surface area contributed by atoms with Gasteiger partial charge in [-0.25, -0.2) is 4.68 Å². The van der Waals surface area contributed by atoms with Gasteiger partial charge in [0.2, 0.25) is 0 Å². The predicted molar refractivity (Wildman–Crippen MR) is 63.4 cm³/mol. The molecule has 1 atom stereocenters. The van der Waals surface area contributed by atoms with Crippen LogP contribution in [-0.2, 0) is 17.7 Å². The van der Waals surface area contributed by atoms with Gasteiger partial charge in [0, 0.05) is 20.1 Å². The molecule has 0 saturated carbocycles. The van der Waals surface area contributed by atoms with E-state index in [9.17, 15) is 0 Å². The molecule has 5 heteroatoms. The molecule has 0 radical (unpaired) electrons. The minimum Gasteiger partial charge on any atom is -0.384 e. The average molecular weight is 226 g/mol. The first-order valence-corrected chi connectivity index (χ1v) is 5.81. The van der Waals surface area contributed by atoms with Crippen LogP contribution in [0.5, 0.6) is 0 Å². The van der Waals surface area contributed by atoms with Crippen molar-refractivity contribution in [1.29, 1.82) is 0 Å². The van der Waals surface area contributed by atoms with Crippen LogP contribution in [0.2, 0.25) is 0 Å². The van der Waals surface area contributed by atoms with Crippen molar-refractivity contribution in [2.24, 2.45) is 0 Å². The molecular weight excluding hydrogens is 204 g/mol. The molecule has 0 aromatic carbocycles. The Hall–Kier alpha value is -0.940. The summed E-state index contributed by atoms with van der Waals surface area (Å²) in [5.41, 5.74) is 2.21. The smallest absolute Gasteiger partial charge is 0.0997 e. The molecule has 1 unspecified atom stereocenters. The van der Waals surface area contributed by atoms with Crippen LogP contribution in [0.3, 0.4) is 0 Å². The summed E-state index contributed by atoms with van der Waals surface area (Å²) >= 11 is 0. The van der Waals surface area contributed by atoms with Crippen molar-refractivity contribution in [3.63, 3.8) is 0 Å². The van der Waals surface area contributed by atoms with Crippen LogP contribution in [0.4, 0.5) is 0 Å². The fourth-order valence-corrected chi connectivity index (χ4v) is 1.64. The maximum Gasteiger partial charge on any atom is 0.0997 e. The van der Waals surface area contributed by atoms with Crippen molar-refractivity contribution >= 4 is 0 Å². The van der Waals surface area contributed by atoms with Crippen molar-refractivity contribution in [2.45, 2.75) is 39.3 Å². The van der Waals surface area contributed by atoms with Crippen molar-refractivity contribution in [2.75, 3.05) is 20.8 Å². The quantitative estimate of drug-likeness (QED) is 0.758. The summed E-state index contributed by atoms with van der Waals surface area (Å²) in [5, 5.41) is 11.6. The molecule has 0 aliphatic heterocycles. The molecule has 0 aliphatic rings. The van der Waals surface area contributed by atoms with Crippen molar-refractivity contribution in [3.05, 3.63) is 11.4 Å². The van der Waals surface area contributed by atoms with E-state index in [4.69, 9.17) is 4.74 Å². The summed E-state index contributed by atoms with van der Waals surface area (Å²) in [6, 6.07) is 0.393. The number of ether oxygens (including phenoxy) is 1. The molecule has 1 aromatic rings. The predicted octanol–water partition coefficient (Wildman–Crippen LogP) is 1.16. The Morgan fingerprint density at radius 2 is 2.25 bits per heavy atom. The van der Waals surface area contributed by atoms with Crippen LogP contribution in [0, 0.1) is 0 Å². The van der Waals surface area contributed by atoms with Crippen molar-refractivity contribution in [1.82, 2.24) is 20.3 Å². The number of hydrogen-bond acceptors (Lipinski definition) is 4. The zero-order chi connectivity index (χ0) is 12.0. The Morgan fingerprint density at radius 3 is 2.81 bits per heavy atom. The van der Waals surface area contributed by atoms with E-state index in [0.29, 0.717) is 12.6 Å². The zero-order valence-corrected chi connectivity index (χ0v) is 10.7. The normalized spacial score (nSPS) is 13.0. The Bertz CT molecular complexity index is 311. The highest BCUT2D eigenvalue weighted by atomic mass is 16.5. The van der Waals surface area contributed by atoms with Crippen molar-refractivity contribution in [3.8, 4) is 0 Å². The summed E-state index contributed by atoms with van der Waals surface area (Å²) in [5.74, 6) is 0. The lowest BCUT2D eigenvalue weighted by Gasteiger charge is -2.13. The molecule has 0 fully saturated rings. The van der Waals surface area contributed by atoms with Gasteiger partial charge in [0.1, 0.15) is 0 Å². The third-order valence-electron chi connectivity index (χ3n) is 2.77. The summed E-state index contributed by atoms with van der Waals surface area (Å²) in [4.78, 5) is 0. The van der Waals surface area contributed by atoms with Gasteiger partial charge in [-0.3, -0.25) is 0 Å². The Labute approximate surface area is 97.2 Å².